The van der Waals surface area contributed by atoms with E-state index in [1.807, 2.05) is 24.3 Å². The number of piperazine rings is 1. The fraction of sp³-hybridized carbons (Fsp3) is 0.667. The van der Waals surface area contributed by atoms with Crippen LogP contribution < -0.4 is 10.1 Å². The monoisotopic (exact) mass is 393 g/mol. The van der Waals surface area contributed by atoms with Crippen LogP contribution in [0, 0.1) is 5.92 Å². The number of nitrogens with one attached hydrogen (secondary N) is 1. The number of hydrogen-bond donors (Lipinski definition) is 1. The predicted molar refractivity (Wildman–Crippen MR) is 109 cm³/mol. The highest BCUT2D eigenvalue weighted by atomic mass is 35.5. The summed E-state index contributed by atoms with van der Waals surface area (Å²) in [5.41, 5.74) is 0. The van der Waals surface area contributed by atoms with Gasteiger partial charge in [-0.2, -0.15) is 0 Å². The number of carbonyl (C=O) groups excluding carboxylic acids is 1. The van der Waals surface area contributed by atoms with Gasteiger partial charge in [-0.1, -0.05) is 43.5 Å². The predicted octanol–water partition coefficient (Wildman–Crippen LogP) is 3.03. The van der Waals surface area contributed by atoms with Gasteiger partial charge in [0.2, 0.25) is 5.91 Å². The van der Waals surface area contributed by atoms with Crippen molar-refractivity contribution in [2.45, 2.75) is 38.6 Å². The zero-order valence-corrected chi connectivity index (χ0v) is 17.1. The molecule has 2 unspecified atom stereocenters. The summed E-state index contributed by atoms with van der Waals surface area (Å²) in [4.78, 5) is 17.0. The lowest BCUT2D eigenvalue weighted by molar-refractivity contribution is -0.123. The molecule has 1 aromatic rings. The summed E-state index contributed by atoms with van der Waals surface area (Å²) in [6.07, 6.45) is 4.80. The summed E-state index contributed by atoms with van der Waals surface area (Å²) in [5.74, 6) is 1.66. The lowest BCUT2D eigenvalue weighted by Crippen LogP contribution is -2.51. The van der Waals surface area contributed by atoms with E-state index in [1.54, 1.807) is 0 Å². The van der Waals surface area contributed by atoms with E-state index in [0.717, 1.165) is 57.2 Å². The number of halogens is 1. The van der Waals surface area contributed by atoms with Gasteiger partial charge in [0.15, 0.2) is 0 Å². The summed E-state index contributed by atoms with van der Waals surface area (Å²) in [6, 6.07) is 7.95. The molecule has 1 aliphatic heterocycles. The van der Waals surface area contributed by atoms with E-state index >= 15 is 0 Å². The van der Waals surface area contributed by atoms with Gasteiger partial charge in [-0.05, 0) is 30.9 Å². The number of ether oxygens (including phenoxy) is 1. The van der Waals surface area contributed by atoms with Crippen molar-refractivity contribution in [3.8, 4) is 5.75 Å². The van der Waals surface area contributed by atoms with Gasteiger partial charge in [0, 0.05) is 38.8 Å². The topological polar surface area (TPSA) is 44.8 Å². The Morgan fingerprint density at radius 2 is 1.93 bits per heavy atom. The van der Waals surface area contributed by atoms with Crippen molar-refractivity contribution in [3.63, 3.8) is 0 Å². The highest BCUT2D eigenvalue weighted by Gasteiger charge is 2.23. The maximum absolute atomic E-state index is 12.3. The van der Waals surface area contributed by atoms with Gasteiger partial charge in [-0.25, -0.2) is 0 Å². The molecule has 1 aliphatic carbocycles. The first-order valence-electron chi connectivity index (χ1n) is 10.2. The molecule has 5 nitrogen and oxygen atoms in total. The van der Waals surface area contributed by atoms with Crippen LogP contribution in [0.2, 0.25) is 5.02 Å². The largest absolute Gasteiger partial charge is 0.491 e. The number of amides is 1. The first-order valence-corrected chi connectivity index (χ1v) is 10.6. The van der Waals surface area contributed by atoms with Crippen molar-refractivity contribution in [1.82, 2.24) is 15.1 Å². The molecule has 6 heteroatoms. The van der Waals surface area contributed by atoms with E-state index in [1.165, 1.54) is 12.8 Å². The van der Waals surface area contributed by atoms with Crippen LogP contribution in [-0.4, -0.2) is 67.6 Å². The Morgan fingerprint density at radius 1 is 1.19 bits per heavy atom. The Labute approximate surface area is 168 Å². The van der Waals surface area contributed by atoms with Crippen molar-refractivity contribution in [2.24, 2.45) is 5.92 Å². The van der Waals surface area contributed by atoms with E-state index < -0.39 is 0 Å². The zero-order valence-electron chi connectivity index (χ0n) is 16.3. The fourth-order valence-electron chi connectivity index (χ4n) is 4.06. The van der Waals surface area contributed by atoms with Crippen LogP contribution >= 0.6 is 11.6 Å². The molecule has 0 aromatic heterocycles. The molecule has 1 saturated carbocycles. The van der Waals surface area contributed by atoms with E-state index in [0.29, 0.717) is 24.2 Å². The van der Waals surface area contributed by atoms with Crippen molar-refractivity contribution < 1.29 is 9.53 Å². The Balaban J connectivity index is 1.30. The smallest absolute Gasteiger partial charge is 0.234 e. The van der Waals surface area contributed by atoms with Crippen LogP contribution in [0.4, 0.5) is 0 Å². The number of benzene rings is 1. The molecule has 2 aliphatic rings. The van der Waals surface area contributed by atoms with Gasteiger partial charge in [0.05, 0.1) is 11.6 Å². The lowest BCUT2D eigenvalue weighted by Gasteiger charge is -2.35. The molecular weight excluding hydrogens is 362 g/mol. The van der Waals surface area contributed by atoms with Gasteiger partial charge in [0.25, 0.3) is 0 Å². The zero-order chi connectivity index (χ0) is 19.1. The first-order chi connectivity index (χ1) is 13.1. The van der Waals surface area contributed by atoms with Gasteiger partial charge >= 0.3 is 0 Å². The lowest BCUT2D eigenvalue weighted by atomic mass is 9.87. The van der Waals surface area contributed by atoms with Gasteiger partial charge < -0.3 is 10.1 Å². The minimum atomic E-state index is 0.185. The summed E-state index contributed by atoms with van der Waals surface area (Å²) >= 11 is 6.11. The van der Waals surface area contributed by atoms with Crippen molar-refractivity contribution in [1.29, 1.82) is 0 Å². The number of nitrogens with zero attached hydrogens (tertiary/aromatic N) is 2. The minimum Gasteiger partial charge on any atom is -0.491 e. The maximum atomic E-state index is 12.3. The normalized spacial score (nSPS) is 24.5. The number of rotatable bonds is 7. The SMILES string of the molecule is CC1CCCC(NC(=O)CN2CCN(CCOc3ccccc3Cl)CC2)C1. The van der Waals surface area contributed by atoms with Crippen molar-refractivity contribution in [2.75, 3.05) is 45.9 Å². The Kier molecular flexibility index (Phi) is 7.80. The molecule has 1 amide bonds. The highest BCUT2D eigenvalue weighted by molar-refractivity contribution is 6.32. The van der Waals surface area contributed by atoms with E-state index in [-0.39, 0.29) is 5.91 Å². The number of carbonyl (C=O) groups is 1. The fourth-order valence-corrected chi connectivity index (χ4v) is 4.25. The molecule has 27 heavy (non-hydrogen) atoms. The average Bonchev–Trinajstić information content (AvgIpc) is 2.65. The third-order valence-corrected chi connectivity index (χ3v) is 5.95. The average molecular weight is 394 g/mol. The minimum absolute atomic E-state index is 0.185. The van der Waals surface area contributed by atoms with Crippen LogP contribution in [0.5, 0.6) is 5.75 Å². The van der Waals surface area contributed by atoms with Crippen molar-refractivity contribution >= 4 is 17.5 Å². The second-order valence-corrected chi connectivity index (χ2v) is 8.34. The van der Waals surface area contributed by atoms with Gasteiger partial charge in [-0.15, -0.1) is 0 Å². The first kappa shape index (κ1) is 20.4. The van der Waals surface area contributed by atoms with Gasteiger partial charge in [0.1, 0.15) is 12.4 Å². The summed E-state index contributed by atoms with van der Waals surface area (Å²) in [7, 11) is 0. The Bertz CT molecular complexity index is 605. The Morgan fingerprint density at radius 3 is 2.67 bits per heavy atom. The molecule has 1 aromatic carbocycles. The van der Waals surface area contributed by atoms with Gasteiger partial charge in [-0.3, -0.25) is 14.6 Å². The van der Waals surface area contributed by atoms with Crippen LogP contribution in [-0.2, 0) is 4.79 Å². The van der Waals surface area contributed by atoms with E-state index in [4.69, 9.17) is 16.3 Å². The standard InChI is InChI=1S/C21H32ClN3O2/c1-17-5-4-6-18(15-17)23-21(26)16-25-11-9-24(10-12-25)13-14-27-20-8-3-2-7-19(20)22/h2-3,7-8,17-18H,4-6,9-16H2,1H3,(H,23,26). The maximum Gasteiger partial charge on any atom is 0.234 e. The van der Waals surface area contributed by atoms with E-state index in [9.17, 15) is 4.79 Å². The second-order valence-electron chi connectivity index (χ2n) is 7.93. The van der Waals surface area contributed by atoms with Crippen LogP contribution in [0.25, 0.3) is 0 Å². The molecule has 1 heterocycles. The molecule has 2 atom stereocenters. The quantitative estimate of drug-likeness (QED) is 0.773. The van der Waals surface area contributed by atoms with Crippen LogP contribution in [0.3, 0.4) is 0 Å². The molecular formula is C21H32ClN3O2. The molecule has 0 spiro atoms. The summed E-state index contributed by atoms with van der Waals surface area (Å²) < 4.78 is 5.77. The van der Waals surface area contributed by atoms with Crippen molar-refractivity contribution in [3.05, 3.63) is 29.3 Å². The summed E-state index contributed by atoms with van der Waals surface area (Å²) in [6.45, 7) is 8.12. The molecule has 1 N–H and O–H groups in total. The molecule has 1 saturated heterocycles. The van der Waals surface area contributed by atoms with Crippen LogP contribution in [0.15, 0.2) is 24.3 Å². The molecule has 0 radical (unpaired) electrons. The van der Waals surface area contributed by atoms with Crippen LogP contribution in [0.1, 0.15) is 32.6 Å². The number of hydrogen-bond acceptors (Lipinski definition) is 4. The third kappa shape index (κ3) is 6.66. The molecule has 150 valence electrons. The highest BCUT2D eigenvalue weighted by Crippen LogP contribution is 2.24. The molecule has 0 bridgehead atoms. The molecule has 3 rings (SSSR count). The van der Waals surface area contributed by atoms with E-state index in [2.05, 4.69) is 22.0 Å². The second kappa shape index (κ2) is 10.3. The number of para-hydroxylation sites is 1. The third-order valence-electron chi connectivity index (χ3n) is 5.64. The molecule has 2 fully saturated rings. The Hall–Kier alpha value is -1.30. The summed E-state index contributed by atoms with van der Waals surface area (Å²) in [5, 5.41) is 3.89.